The second kappa shape index (κ2) is 11.9. The maximum Gasteiger partial charge on any atom is 0.416 e. The van der Waals surface area contributed by atoms with Gasteiger partial charge in [0, 0.05) is 31.4 Å². The first-order chi connectivity index (χ1) is 19.9. The van der Waals surface area contributed by atoms with Crippen molar-refractivity contribution >= 4 is 35.0 Å². The topological polar surface area (TPSA) is 102 Å². The van der Waals surface area contributed by atoms with E-state index < -0.39 is 23.6 Å². The SMILES string of the molecule is CCN1CCCN(C(=O)Nc2ccnc(OC[C@@H]3COC(C)(C)O3)n2)c2nc(-c3cccc(C(F)(F)F)c3)c(Cl)cc21. The van der Waals surface area contributed by atoms with Gasteiger partial charge in [-0.3, -0.25) is 10.2 Å². The molecule has 0 aliphatic carbocycles. The van der Waals surface area contributed by atoms with Crippen LogP contribution in [0.1, 0.15) is 32.8 Å². The molecule has 1 fully saturated rings. The summed E-state index contributed by atoms with van der Waals surface area (Å²) in [7, 11) is 0. The number of rotatable bonds is 6. The molecule has 0 radical (unpaired) electrons. The van der Waals surface area contributed by atoms with Gasteiger partial charge in [-0.05, 0) is 51.5 Å². The van der Waals surface area contributed by atoms with E-state index in [0.717, 1.165) is 12.1 Å². The average molecular weight is 607 g/mol. The number of nitrogens with zero attached hydrogens (tertiary/aromatic N) is 5. The van der Waals surface area contributed by atoms with Crippen molar-refractivity contribution in [1.82, 2.24) is 15.0 Å². The van der Waals surface area contributed by atoms with Gasteiger partial charge in [0.1, 0.15) is 18.5 Å². The van der Waals surface area contributed by atoms with Gasteiger partial charge in [-0.15, -0.1) is 0 Å². The molecule has 0 unspecified atom stereocenters. The highest BCUT2D eigenvalue weighted by Gasteiger charge is 2.34. The lowest BCUT2D eigenvalue weighted by Gasteiger charge is -2.26. The normalized spacial score (nSPS) is 18.4. The summed E-state index contributed by atoms with van der Waals surface area (Å²) in [4.78, 5) is 30.1. The summed E-state index contributed by atoms with van der Waals surface area (Å²) >= 11 is 6.57. The second-order valence-corrected chi connectivity index (χ2v) is 10.6. The first-order valence-corrected chi connectivity index (χ1v) is 13.8. The van der Waals surface area contributed by atoms with Gasteiger partial charge in [-0.1, -0.05) is 23.7 Å². The van der Waals surface area contributed by atoms with Gasteiger partial charge in [0.2, 0.25) is 0 Å². The van der Waals surface area contributed by atoms with Crippen LogP contribution in [0.15, 0.2) is 42.6 Å². The number of pyridine rings is 1. The Labute approximate surface area is 245 Å². The zero-order valence-electron chi connectivity index (χ0n) is 23.2. The van der Waals surface area contributed by atoms with Crippen molar-refractivity contribution in [3.05, 3.63) is 53.2 Å². The van der Waals surface area contributed by atoms with Crippen molar-refractivity contribution < 1.29 is 32.2 Å². The molecule has 4 heterocycles. The highest BCUT2D eigenvalue weighted by Crippen LogP contribution is 2.40. The molecule has 42 heavy (non-hydrogen) atoms. The summed E-state index contributed by atoms with van der Waals surface area (Å²) in [6.45, 7) is 7.65. The minimum absolute atomic E-state index is 0.0475. The predicted molar refractivity (Wildman–Crippen MR) is 151 cm³/mol. The average Bonchev–Trinajstić information content (AvgIpc) is 3.19. The predicted octanol–water partition coefficient (Wildman–Crippen LogP) is 6.01. The number of hydrogen-bond acceptors (Lipinski definition) is 8. The van der Waals surface area contributed by atoms with Crippen LogP contribution < -0.4 is 19.9 Å². The number of carbonyl (C=O) groups excluding carboxylic acids is 1. The molecular formula is C28H30ClF3N6O4. The first kappa shape index (κ1) is 29.8. The molecule has 2 aliphatic heterocycles. The molecule has 1 saturated heterocycles. The standard InChI is InChI=1S/C28H30ClF3N6O4/c1-4-37-11-6-12-38(24-21(37)14-20(29)23(36-24)17-7-5-8-18(13-17)28(30,31)32)26(39)35-22-9-10-33-25(34-22)40-15-19-16-41-27(2,3)42-19/h5,7-10,13-14,19H,4,6,11-12,15-16H2,1-3H3,(H,33,34,35,39)/t19-/m1/s1. The molecule has 0 bridgehead atoms. The number of hydrogen-bond donors (Lipinski definition) is 1. The molecule has 2 aromatic heterocycles. The third kappa shape index (κ3) is 6.69. The van der Waals surface area contributed by atoms with E-state index in [1.54, 1.807) is 6.07 Å². The summed E-state index contributed by atoms with van der Waals surface area (Å²) in [5.41, 5.74) is 0.0913. The molecule has 0 saturated carbocycles. The molecule has 3 aromatic rings. The Kier molecular flexibility index (Phi) is 8.44. The maximum atomic E-state index is 13.6. The number of benzene rings is 1. The highest BCUT2D eigenvalue weighted by atomic mass is 35.5. The number of alkyl halides is 3. The van der Waals surface area contributed by atoms with E-state index >= 15 is 0 Å². The third-order valence-corrected chi connectivity index (χ3v) is 7.06. The Morgan fingerprint density at radius 3 is 2.74 bits per heavy atom. The minimum atomic E-state index is -4.53. The fraction of sp³-hybridized carbons (Fsp3) is 0.429. The smallest absolute Gasteiger partial charge is 0.416 e. The van der Waals surface area contributed by atoms with Crippen molar-refractivity contribution in [1.29, 1.82) is 0 Å². The molecule has 1 N–H and O–H groups in total. The zero-order chi connectivity index (χ0) is 30.1. The molecule has 1 atom stereocenters. The van der Waals surface area contributed by atoms with E-state index in [2.05, 4.69) is 20.3 Å². The maximum absolute atomic E-state index is 13.6. The van der Waals surface area contributed by atoms with Crippen LogP contribution in [-0.2, 0) is 15.7 Å². The fourth-order valence-electron chi connectivity index (χ4n) is 4.79. The van der Waals surface area contributed by atoms with Crippen LogP contribution in [0.5, 0.6) is 6.01 Å². The number of halogens is 4. The number of ether oxygens (including phenoxy) is 3. The monoisotopic (exact) mass is 606 g/mol. The quantitative estimate of drug-likeness (QED) is 0.364. The summed E-state index contributed by atoms with van der Waals surface area (Å²) in [5.74, 6) is -0.227. The molecule has 14 heteroatoms. The van der Waals surface area contributed by atoms with Gasteiger partial charge in [0.25, 0.3) is 0 Å². The van der Waals surface area contributed by atoms with Gasteiger partial charge < -0.3 is 19.1 Å². The van der Waals surface area contributed by atoms with E-state index in [9.17, 15) is 18.0 Å². The van der Waals surface area contributed by atoms with E-state index in [-0.39, 0.29) is 46.6 Å². The highest BCUT2D eigenvalue weighted by molar-refractivity contribution is 6.33. The van der Waals surface area contributed by atoms with Crippen LogP contribution in [0.2, 0.25) is 5.02 Å². The number of carbonyl (C=O) groups is 1. The molecule has 2 amide bonds. The summed E-state index contributed by atoms with van der Waals surface area (Å²) < 4.78 is 57.2. The van der Waals surface area contributed by atoms with Crippen LogP contribution in [0, 0.1) is 0 Å². The van der Waals surface area contributed by atoms with Gasteiger partial charge in [0.05, 0.1) is 28.6 Å². The second-order valence-electron chi connectivity index (χ2n) is 10.2. The van der Waals surface area contributed by atoms with Gasteiger partial charge >= 0.3 is 18.2 Å². The van der Waals surface area contributed by atoms with Gasteiger partial charge in [-0.2, -0.15) is 18.2 Å². The Bertz CT molecular complexity index is 1460. The lowest BCUT2D eigenvalue weighted by atomic mass is 10.1. The largest absolute Gasteiger partial charge is 0.461 e. The number of anilines is 3. The molecule has 10 nitrogen and oxygen atoms in total. The van der Waals surface area contributed by atoms with Crippen LogP contribution in [0.3, 0.4) is 0 Å². The Balaban J connectivity index is 1.40. The van der Waals surface area contributed by atoms with Crippen LogP contribution in [-0.4, -0.2) is 65.7 Å². The lowest BCUT2D eigenvalue weighted by Crippen LogP contribution is -2.36. The Morgan fingerprint density at radius 1 is 1.21 bits per heavy atom. The van der Waals surface area contributed by atoms with E-state index in [4.69, 9.17) is 25.8 Å². The Hall–Kier alpha value is -3.68. The summed E-state index contributed by atoms with van der Waals surface area (Å²) in [6.07, 6.45) is -2.76. The molecule has 224 valence electrons. The van der Waals surface area contributed by atoms with Crippen molar-refractivity contribution in [3.8, 4) is 17.3 Å². The Morgan fingerprint density at radius 2 is 2.02 bits per heavy atom. The number of aromatic nitrogens is 3. The number of fused-ring (bicyclic) bond motifs is 1. The molecule has 2 aliphatic rings. The summed E-state index contributed by atoms with van der Waals surface area (Å²) in [5, 5.41) is 2.93. The number of amides is 2. The van der Waals surface area contributed by atoms with Crippen LogP contribution >= 0.6 is 11.6 Å². The number of urea groups is 1. The van der Waals surface area contributed by atoms with Crippen LogP contribution in [0.25, 0.3) is 11.3 Å². The molecular weight excluding hydrogens is 577 g/mol. The molecule has 0 spiro atoms. The van der Waals surface area contributed by atoms with Crippen molar-refractivity contribution in [2.24, 2.45) is 0 Å². The van der Waals surface area contributed by atoms with Crippen LogP contribution in [0.4, 0.5) is 35.3 Å². The lowest BCUT2D eigenvalue weighted by molar-refractivity contribution is -0.141. The van der Waals surface area contributed by atoms with Crippen molar-refractivity contribution in [3.63, 3.8) is 0 Å². The minimum Gasteiger partial charge on any atom is -0.461 e. The third-order valence-electron chi connectivity index (χ3n) is 6.77. The fourth-order valence-corrected chi connectivity index (χ4v) is 5.04. The number of nitrogens with one attached hydrogen (secondary N) is 1. The van der Waals surface area contributed by atoms with Crippen molar-refractivity contribution in [2.75, 3.05) is 48.0 Å². The van der Waals surface area contributed by atoms with Crippen molar-refractivity contribution in [2.45, 2.75) is 45.3 Å². The molecule has 1 aromatic carbocycles. The molecule has 5 rings (SSSR count). The first-order valence-electron chi connectivity index (χ1n) is 13.4. The van der Waals surface area contributed by atoms with Gasteiger partial charge in [-0.25, -0.2) is 14.8 Å². The van der Waals surface area contributed by atoms with E-state index in [1.807, 2.05) is 25.7 Å². The van der Waals surface area contributed by atoms with E-state index in [0.29, 0.717) is 38.3 Å². The zero-order valence-corrected chi connectivity index (χ0v) is 24.0. The van der Waals surface area contributed by atoms with E-state index in [1.165, 1.54) is 29.3 Å². The van der Waals surface area contributed by atoms with Gasteiger partial charge in [0.15, 0.2) is 11.6 Å². The summed E-state index contributed by atoms with van der Waals surface area (Å²) in [6, 6.07) is 7.45.